The molecule has 2 fully saturated rings. The van der Waals surface area contributed by atoms with Crippen LogP contribution in [0.3, 0.4) is 0 Å². The van der Waals surface area contributed by atoms with Crippen LogP contribution in [0.1, 0.15) is 36.1 Å². The molecule has 2 aliphatic rings. The molecular weight excluding hydrogens is 328 g/mol. The van der Waals surface area contributed by atoms with Gasteiger partial charge < -0.3 is 10.2 Å². The third-order valence-corrected chi connectivity index (χ3v) is 5.07. The molecule has 0 amide bonds. The number of anilines is 2. The van der Waals surface area contributed by atoms with Gasteiger partial charge in [-0.15, -0.1) is 15.3 Å². The largest absolute Gasteiger partial charge is 0.370 e. The summed E-state index contributed by atoms with van der Waals surface area (Å²) in [5, 5.41) is 16.3. The van der Waals surface area contributed by atoms with E-state index in [1.54, 1.807) is 4.52 Å². The molecule has 0 radical (unpaired) electrons. The summed E-state index contributed by atoms with van der Waals surface area (Å²) >= 11 is 0. The molecule has 1 saturated heterocycles. The number of hydrogen-bond acceptors (Lipinski definition) is 7. The maximum Gasteiger partial charge on any atom is 0.178 e. The van der Waals surface area contributed by atoms with Gasteiger partial charge in [0.15, 0.2) is 11.5 Å². The standard InChI is InChI=1S/C18H22N8/c1-11-7-15(21-18(20-11)14-3-4-14)19-8-13-9-25(10-13)17-6-5-16-23-22-12(2)26(16)24-17/h5-7,13-14H,3-4,8-10H2,1-2H3,(H,19,20,21). The summed E-state index contributed by atoms with van der Waals surface area (Å²) in [4.78, 5) is 11.5. The van der Waals surface area contributed by atoms with Crippen molar-refractivity contribution in [1.82, 2.24) is 29.8 Å². The highest BCUT2D eigenvalue weighted by Crippen LogP contribution is 2.38. The fourth-order valence-corrected chi connectivity index (χ4v) is 3.40. The Bertz CT molecular complexity index is 955. The zero-order valence-corrected chi connectivity index (χ0v) is 15.1. The van der Waals surface area contributed by atoms with Gasteiger partial charge in [0.05, 0.1) is 0 Å². The lowest BCUT2D eigenvalue weighted by Gasteiger charge is -2.40. The fraction of sp³-hybridized carbons (Fsp3) is 0.500. The van der Waals surface area contributed by atoms with Crippen molar-refractivity contribution in [1.29, 1.82) is 0 Å². The van der Waals surface area contributed by atoms with Gasteiger partial charge in [-0.2, -0.15) is 4.52 Å². The smallest absolute Gasteiger partial charge is 0.178 e. The summed E-state index contributed by atoms with van der Waals surface area (Å²) in [6.45, 7) is 6.86. The molecule has 8 nitrogen and oxygen atoms in total. The van der Waals surface area contributed by atoms with Crippen molar-refractivity contribution in [2.75, 3.05) is 29.9 Å². The van der Waals surface area contributed by atoms with Crippen LogP contribution in [-0.2, 0) is 0 Å². The van der Waals surface area contributed by atoms with Crippen molar-refractivity contribution in [3.8, 4) is 0 Å². The Morgan fingerprint density at radius 1 is 1.12 bits per heavy atom. The van der Waals surface area contributed by atoms with Crippen LogP contribution < -0.4 is 10.2 Å². The van der Waals surface area contributed by atoms with Crippen LogP contribution in [0.5, 0.6) is 0 Å². The van der Waals surface area contributed by atoms with E-state index in [0.29, 0.717) is 11.8 Å². The van der Waals surface area contributed by atoms with Gasteiger partial charge in [0.25, 0.3) is 0 Å². The lowest BCUT2D eigenvalue weighted by Crippen LogP contribution is -2.50. The van der Waals surface area contributed by atoms with Gasteiger partial charge in [-0.1, -0.05) is 0 Å². The number of nitrogens with zero attached hydrogens (tertiary/aromatic N) is 7. The van der Waals surface area contributed by atoms with E-state index in [1.807, 2.05) is 32.0 Å². The van der Waals surface area contributed by atoms with Gasteiger partial charge in [0, 0.05) is 43.2 Å². The van der Waals surface area contributed by atoms with Crippen molar-refractivity contribution in [2.45, 2.75) is 32.6 Å². The molecule has 0 atom stereocenters. The summed E-state index contributed by atoms with van der Waals surface area (Å²) in [5.41, 5.74) is 1.83. The maximum atomic E-state index is 4.68. The van der Waals surface area contributed by atoms with Crippen LogP contribution in [-0.4, -0.2) is 49.4 Å². The van der Waals surface area contributed by atoms with Crippen LogP contribution in [0.4, 0.5) is 11.6 Å². The van der Waals surface area contributed by atoms with Gasteiger partial charge in [0.2, 0.25) is 0 Å². The van der Waals surface area contributed by atoms with Crippen LogP contribution in [0.25, 0.3) is 5.65 Å². The van der Waals surface area contributed by atoms with Crippen molar-refractivity contribution < 1.29 is 0 Å². The minimum absolute atomic E-state index is 0.580. The minimum Gasteiger partial charge on any atom is -0.370 e. The Kier molecular flexibility index (Phi) is 3.51. The van der Waals surface area contributed by atoms with E-state index in [2.05, 4.69) is 35.5 Å². The molecule has 1 aliphatic heterocycles. The predicted octanol–water partition coefficient (Wildman–Crippen LogP) is 1.96. The van der Waals surface area contributed by atoms with Crippen LogP contribution in [0.2, 0.25) is 0 Å². The molecule has 8 heteroatoms. The first-order valence-electron chi connectivity index (χ1n) is 9.19. The summed E-state index contributed by atoms with van der Waals surface area (Å²) in [6.07, 6.45) is 2.45. The summed E-state index contributed by atoms with van der Waals surface area (Å²) < 4.78 is 1.80. The summed E-state index contributed by atoms with van der Waals surface area (Å²) in [7, 11) is 0. The van der Waals surface area contributed by atoms with Gasteiger partial charge in [0.1, 0.15) is 17.5 Å². The maximum absolute atomic E-state index is 4.68. The van der Waals surface area contributed by atoms with Crippen molar-refractivity contribution >= 4 is 17.3 Å². The second-order valence-electron chi connectivity index (χ2n) is 7.39. The zero-order chi connectivity index (χ0) is 17.7. The Hall–Kier alpha value is -2.77. The normalized spacial score (nSPS) is 17.5. The van der Waals surface area contributed by atoms with Crippen LogP contribution >= 0.6 is 0 Å². The molecule has 26 heavy (non-hydrogen) atoms. The lowest BCUT2D eigenvalue weighted by atomic mass is 10.0. The molecule has 134 valence electrons. The highest BCUT2D eigenvalue weighted by molar-refractivity contribution is 5.47. The van der Waals surface area contributed by atoms with E-state index in [0.717, 1.165) is 54.3 Å². The Morgan fingerprint density at radius 3 is 2.77 bits per heavy atom. The molecule has 0 spiro atoms. The van der Waals surface area contributed by atoms with E-state index in [9.17, 15) is 0 Å². The Morgan fingerprint density at radius 2 is 1.96 bits per heavy atom. The van der Waals surface area contributed by atoms with Crippen molar-refractivity contribution in [3.63, 3.8) is 0 Å². The highest BCUT2D eigenvalue weighted by atomic mass is 15.4. The molecule has 5 rings (SSSR count). The van der Waals surface area contributed by atoms with Crippen LogP contribution in [0.15, 0.2) is 18.2 Å². The third-order valence-electron chi connectivity index (χ3n) is 5.07. The first-order valence-corrected chi connectivity index (χ1v) is 9.19. The van der Waals surface area contributed by atoms with Crippen LogP contribution in [0, 0.1) is 19.8 Å². The predicted molar refractivity (Wildman–Crippen MR) is 98.5 cm³/mol. The molecule has 3 aromatic heterocycles. The Labute approximate surface area is 151 Å². The summed E-state index contributed by atoms with van der Waals surface area (Å²) in [6, 6.07) is 6.02. The SMILES string of the molecule is Cc1cc(NCC2CN(c3ccc4nnc(C)n4n3)C2)nc(C2CC2)n1. The number of fused-ring (bicyclic) bond motifs is 1. The molecule has 0 bridgehead atoms. The van der Waals surface area contributed by atoms with Gasteiger partial charge >= 0.3 is 0 Å². The van der Waals surface area contributed by atoms with Gasteiger partial charge in [-0.25, -0.2) is 9.97 Å². The molecule has 3 aromatic rings. The second kappa shape index (κ2) is 5.89. The summed E-state index contributed by atoms with van der Waals surface area (Å²) in [5.74, 6) is 4.92. The zero-order valence-electron chi connectivity index (χ0n) is 15.1. The number of nitrogens with one attached hydrogen (secondary N) is 1. The molecule has 1 saturated carbocycles. The molecule has 1 N–H and O–H groups in total. The molecule has 4 heterocycles. The highest BCUT2D eigenvalue weighted by Gasteiger charge is 2.29. The average molecular weight is 350 g/mol. The minimum atomic E-state index is 0.580. The van der Waals surface area contributed by atoms with Crippen molar-refractivity contribution in [3.05, 3.63) is 35.5 Å². The molecule has 0 unspecified atom stereocenters. The first kappa shape index (κ1) is 15.5. The topological polar surface area (TPSA) is 84.1 Å². The van der Waals surface area contributed by atoms with E-state index >= 15 is 0 Å². The van der Waals surface area contributed by atoms with Crippen molar-refractivity contribution in [2.24, 2.45) is 5.92 Å². The second-order valence-corrected chi connectivity index (χ2v) is 7.39. The first-order chi connectivity index (χ1) is 12.7. The average Bonchev–Trinajstić information content (AvgIpc) is 3.38. The Balaban J connectivity index is 1.20. The van der Waals surface area contributed by atoms with E-state index in [4.69, 9.17) is 0 Å². The molecular formula is C18H22N8. The third kappa shape index (κ3) is 2.85. The lowest BCUT2D eigenvalue weighted by molar-refractivity contribution is 0.424. The molecule has 0 aromatic carbocycles. The van der Waals surface area contributed by atoms with E-state index in [1.165, 1.54) is 12.8 Å². The number of aromatic nitrogens is 6. The number of hydrogen-bond donors (Lipinski definition) is 1. The monoisotopic (exact) mass is 350 g/mol. The molecule has 1 aliphatic carbocycles. The van der Waals surface area contributed by atoms with Gasteiger partial charge in [-0.05, 0) is 38.8 Å². The quantitative estimate of drug-likeness (QED) is 0.753. The number of aryl methyl sites for hydroxylation is 2. The van der Waals surface area contributed by atoms with E-state index < -0.39 is 0 Å². The van der Waals surface area contributed by atoms with Gasteiger partial charge in [-0.3, -0.25) is 0 Å². The fourth-order valence-electron chi connectivity index (χ4n) is 3.40. The number of rotatable bonds is 5. The van der Waals surface area contributed by atoms with E-state index in [-0.39, 0.29) is 0 Å².